The van der Waals surface area contributed by atoms with E-state index in [2.05, 4.69) is 21.2 Å². The molecule has 0 spiro atoms. The van der Waals surface area contributed by atoms with Gasteiger partial charge >= 0.3 is 5.97 Å². The van der Waals surface area contributed by atoms with E-state index in [9.17, 15) is 9.59 Å². The molecule has 0 atom stereocenters. The maximum Gasteiger partial charge on any atom is 0.338 e. The van der Waals surface area contributed by atoms with Crippen molar-refractivity contribution in [1.29, 1.82) is 0 Å². The third-order valence-electron chi connectivity index (χ3n) is 3.21. The van der Waals surface area contributed by atoms with Gasteiger partial charge in [-0.05, 0) is 52.7 Å². The van der Waals surface area contributed by atoms with E-state index in [-0.39, 0.29) is 11.9 Å². The van der Waals surface area contributed by atoms with Gasteiger partial charge in [-0.25, -0.2) is 4.79 Å². The van der Waals surface area contributed by atoms with E-state index in [4.69, 9.17) is 4.74 Å². The molecule has 2 aromatic rings. The monoisotopic (exact) mass is 375 g/mol. The predicted molar refractivity (Wildman–Crippen MR) is 93.7 cm³/mol. The zero-order valence-electron chi connectivity index (χ0n) is 12.8. The molecule has 0 radical (unpaired) electrons. The Bertz CT molecular complexity index is 700. The Morgan fingerprint density at radius 2 is 1.91 bits per heavy atom. The van der Waals surface area contributed by atoms with Crippen molar-refractivity contribution < 1.29 is 14.3 Å². The standard InChI is InChI=1S/C18H18BrNO3/c1-2-3-11-23-18(22)13-7-6-8-14(12-13)20-17(21)15-9-4-5-10-16(15)19/h4-10,12H,2-3,11H2,1H3,(H,20,21). The number of benzene rings is 2. The summed E-state index contributed by atoms with van der Waals surface area (Å²) in [4.78, 5) is 24.2. The highest BCUT2D eigenvalue weighted by atomic mass is 79.9. The van der Waals surface area contributed by atoms with Crippen molar-refractivity contribution >= 4 is 33.5 Å². The van der Waals surface area contributed by atoms with Gasteiger partial charge in [0, 0.05) is 10.2 Å². The topological polar surface area (TPSA) is 55.4 Å². The van der Waals surface area contributed by atoms with Gasteiger partial charge in [-0.1, -0.05) is 31.5 Å². The molecule has 2 rings (SSSR count). The fourth-order valence-electron chi connectivity index (χ4n) is 1.96. The van der Waals surface area contributed by atoms with Crippen LogP contribution in [0.1, 0.15) is 40.5 Å². The van der Waals surface area contributed by atoms with Crippen LogP contribution in [0.5, 0.6) is 0 Å². The number of amides is 1. The molecular weight excluding hydrogens is 358 g/mol. The molecule has 0 unspecified atom stereocenters. The Morgan fingerprint density at radius 3 is 2.65 bits per heavy atom. The van der Waals surface area contributed by atoms with Crippen molar-refractivity contribution in [2.45, 2.75) is 19.8 Å². The number of hydrogen-bond donors (Lipinski definition) is 1. The Morgan fingerprint density at radius 1 is 1.13 bits per heavy atom. The molecule has 4 nitrogen and oxygen atoms in total. The molecule has 1 N–H and O–H groups in total. The molecule has 0 saturated heterocycles. The van der Waals surface area contributed by atoms with E-state index in [1.807, 2.05) is 13.0 Å². The van der Waals surface area contributed by atoms with Crippen LogP contribution in [0.3, 0.4) is 0 Å². The lowest BCUT2D eigenvalue weighted by Gasteiger charge is -2.09. The first kappa shape index (κ1) is 17.2. The summed E-state index contributed by atoms with van der Waals surface area (Å²) in [6.45, 7) is 2.44. The lowest BCUT2D eigenvalue weighted by Crippen LogP contribution is -2.13. The zero-order valence-corrected chi connectivity index (χ0v) is 14.4. The lowest BCUT2D eigenvalue weighted by molar-refractivity contribution is 0.0499. The summed E-state index contributed by atoms with van der Waals surface area (Å²) in [7, 11) is 0. The highest BCUT2D eigenvalue weighted by Crippen LogP contribution is 2.18. The van der Waals surface area contributed by atoms with E-state index in [1.165, 1.54) is 0 Å². The van der Waals surface area contributed by atoms with E-state index >= 15 is 0 Å². The van der Waals surface area contributed by atoms with Crippen molar-refractivity contribution in [3.8, 4) is 0 Å². The summed E-state index contributed by atoms with van der Waals surface area (Å²) < 4.78 is 5.89. The van der Waals surface area contributed by atoms with Crippen LogP contribution >= 0.6 is 15.9 Å². The molecule has 1 amide bonds. The number of ether oxygens (including phenoxy) is 1. The summed E-state index contributed by atoms with van der Waals surface area (Å²) >= 11 is 3.35. The number of carbonyl (C=O) groups is 2. The molecule has 0 aliphatic heterocycles. The number of carbonyl (C=O) groups excluding carboxylic acids is 2. The lowest BCUT2D eigenvalue weighted by atomic mass is 10.1. The second-order valence-corrected chi connectivity index (χ2v) is 5.86. The van der Waals surface area contributed by atoms with Crippen molar-refractivity contribution in [3.05, 3.63) is 64.1 Å². The number of halogens is 1. The first-order chi connectivity index (χ1) is 11.1. The van der Waals surface area contributed by atoms with Crippen LogP contribution < -0.4 is 5.32 Å². The largest absolute Gasteiger partial charge is 0.462 e. The van der Waals surface area contributed by atoms with Crippen LogP contribution in [0.25, 0.3) is 0 Å². The summed E-state index contributed by atoms with van der Waals surface area (Å²) in [6, 6.07) is 13.9. The summed E-state index contributed by atoms with van der Waals surface area (Å²) in [6.07, 6.45) is 1.81. The van der Waals surface area contributed by atoms with E-state index in [0.29, 0.717) is 27.9 Å². The average molecular weight is 376 g/mol. The molecule has 120 valence electrons. The third-order valence-corrected chi connectivity index (χ3v) is 3.90. The van der Waals surface area contributed by atoms with Gasteiger partial charge in [0.05, 0.1) is 17.7 Å². The molecule has 0 bridgehead atoms. The number of unbranched alkanes of at least 4 members (excludes halogenated alkanes) is 1. The minimum Gasteiger partial charge on any atom is -0.462 e. The maximum atomic E-state index is 12.3. The highest BCUT2D eigenvalue weighted by molar-refractivity contribution is 9.10. The van der Waals surface area contributed by atoms with Crippen molar-refractivity contribution in [2.75, 3.05) is 11.9 Å². The van der Waals surface area contributed by atoms with Crippen molar-refractivity contribution in [2.24, 2.45) is 0 Å². The molecule has 2 aromatic carbocycles. The van der Waals surface area contributed by atoms with E-state index in [0.717, 1.165) is 12.8 Å². The van der Waals surface area contributed by atoms with Gasteiger partial charge in [-0.3, -0.25) is 4.79 Å². The second kappa shape index (κ2) is 8.48. The van der Waals surface area contributed by atoms with Gasteiger partial charge in [-0.2, -0.15) is 0 Å². The molecule has 0 fully saturated rings. The molecule has 0 heterocycles. The van der Waals surface area contributed by atoms with Crippen molar-refractivity contribution in [1.82, 2.24) is 0 Å². The molecule has 0 aliphatic carbocycles. The normalized spacial score (nSPS) is 10.2. The van der Waals surface area contributed by atoms with Crippen LogP contribution in [0.2, 0.25) is 0 Å². The van der Waals surface area contributed by atoms with Gasteiger partial charge in [0.1, 0.15) is 0 Å². The van der Waals surface area contributed by atoms with Crippen LogP contribution in [0.15, 0.2) is 53.0 Å². The second-order valence-electron chi connectivity index (χ2n) is 5.00. The minimum atomic E-state index is -0.379. The third kappa shape index (κ3) is 4.93. The van der Waals surface area contributed by atoms with Crippen molar-refractivity contribution in [3.63, 3.8) is 0 Å². The fraction of sp³-hybridized carbons (Fsp3) is 0.222. The Balaban J connectivity index is 2.07. The van der Waals surface area contributed by atoms with Crippen LogP contribution in [0, 0.1) is 0 Å². The van der Waals surface area contributed by atoms with Crippen LogP contribution in [0.4, 0.5) is 5.69 Å². The van der Waals surface area contributed by atoms with E-state index < -0.39 is 0 Å². The summed E-state index contributed by atoms with van der Waals surface area (Å²) in [5, 5.41) is 2.78. The summed E-state index contributed by atoms with van der Waals surface area (Å²) in [5.41, 5.74) is 1.50. The maximum absolute atomic E-state index is 12.3. The molecule has 23 heavy (non-hydrogen) atoms. The molecule has 0 saturated carbocycles. The number of anilines is 1. The number of hydrogen-bond acceptors (Lipinski definition) is 3. The minimum absolute atomic E-state index is 0.242. The molecule has 0 aromatic heterocycles. The van der Waals surface area contributed by atoms with Gasteiger partial charge in [0.25, 0.3) is 5.91 Å². The van der Waals surface area contributed by atoms with Gasteiger partial charge in [0.2, 0.25) is 0 Å². The molecular formula is C18H18BrNO3. The Kier molecular flexibility index (Phi) is 6.35. The Labute approximate surface area is 144 Å². The first-order valence-electron chi connectivity index (χ1n) is 7.45. The smallest absolute Gasteiger partial charge is 0.338 e. The van der Waals surface area contributed by atoms with Gasteiger partial charge in [0.15, 0.2) is 0 Å². The average Bonchev–Trinajstić information content (AvgIpc) is 2.55. The number of rotatable bonds is 6. The fourth-order valence-corrected chi connectivity index (χ4v) is 2.43. The van der Waals surface area contributed by atoms with Crippen LogP contribution in [-0.2, 0) is 4.74 Å². The Hall–Kier alpha value is -2.14. The van der Waals surface area contributed by atoms with Gasteiger partial charge < -0.3 is 10.1 Å². The SMILES string of the molecule is CCCCOC(=O)c1cccc(NC(=O)c2ccccc2Br)c1. The van der Waals surface area contributed by atoms with Crippen LogP contribution in [-0.4, -0.2) is 18.5 Å². The zero-order chi connectivity index (χ0) is 16.7. The van der Waals surface area contributed by atoms with E-state index in [1.54, 1.807) is 42.5 Å². The molecule has 5 heteroatoms. The molecule has 0 aliphatic rings. The number of nitrogens with one attached hydrogen (secondary N) is 1. The van der Waals surface area contributed by atoms with Gasteiger partial charge in [-0.15, -0.1) is 0 Å². The number of esters is 1. The highest BCUT2D eigenvalue weighted by Gasteiger charge is 2.12. The summed E-state index contributed by atoms with van der Waals surface area (Å²) in [5.74, 6) is -0.621. The predicted octanol–water partition coefficient (Wildman–Crippen LogP) is 4.66. The quantitative estimate of drug-likeness (QED) is 0.589. The first-order valence-corrected chi connectivity index (χ1v) is 8.24.